The van der Waals surface area contributed by atoms with Crippen LogP contribution in [0, 0.1) is 5.82 Å². The van der Waals surface area contributed by atoms with Crippen molar-refractivity contribution in [2.75, 3.05) is 6.61 Å². The number of benzene rings is 1. The number of carbonyl (C=O) groups excluding carboxylic acids is 1. The topological polar surface area (TPSA) is 75.6 Å². The van der Waals surface area contributed by atoms with Gasteiger partial charge in [0.25, 0.3) is 0 Å². The molecule has 2 N–H and O–H groups in total. The van der Waals surface area contributed by atoms with Crippen molar-refractivity contribution in [1.29, 1.82) is 0 Å². The van der Waals surface area contributed by atoms with Crippen LogP contribution in [0.2, 0.25) is 0 Å². The number of carboxylic acid groups (broad SMARTS) is 1. The van der Waals surface area contributed by atoms with Gasteiger partial charge in [0.15, 0.2) is 5.54 Å². The number of aliphatic carboxylic acids is 1. The lowest BCUT2D eigenvalue weighted by Crippen LogP contribution is -2.49. The molecule has 23 heavy (non-hydrogen) atoms. The maximum Gasteiger partial charge on any atom is 0.333 e. The standard InChI is InChI=1S/C17H22FNO4/c1-17(16(21)22,12-5-7-13(18)8-6-12)19-15(20)10-9-14-4-2-3-11-23-14/h5-8,14H,2-4,9-11H2,1H3,(H,19,20)(H,21,22). The Hall–Kier alpha value is -1.95. The molecule has 126 valence electrons. The molecule has 6 heteroatoms. The summed E-state index contributed by atoms with van der Waals surface area (Å²) in [6.45, 7) is 2.12. The largest absolute Gasteiger partial charge is 0.479 e. The molecule has 1 aliphatic heterocycles. The van der Waals surface area contributed by atoms with Gasteiger partial charge in [-0.2, -0.15) is 0 Å². The highest BCUT2D eigenvalue weighted by Gasteiger charge is 2.36. The van der Waals surface area contributed by atoms with Gasteiger partial charge in [0.2, 0.25) is 5.91 Å². The van der Waals surface area contributed by atoms with Crippen LogP contribution in [0.5, 0.6) is 0 Å². The van der Waals surface area contributed by atoms with Gasteiger partial charge < -0.3 is 15.2 Å². The van der Waals surface area contributed by atoms with E-state index in [4.69, 9.17) is 4.74 Å². The van der Waals surface area contributed by atoms with Crippen molar-refractivity contribution in [2.45, 2.75) is 50.7 Å². The van der Waals surface area contributed by atoms with Crippen molar-refractivity contribution in [2.24, 2.45) is 0 Å². The minimum atomic E-state index is -1.59. The predicted octanol–water partition coefficient (Wildman–Crippen LogP) is 2.59. The molecule has 0 radical (unpaired) electrons. The van der Waals surface area contributed by atoms with Crippen LogP contribution in [-0.2, 0) is 19.9 Å². The van der Waals surface area contributed by atoms with Gasteiger partial charge >= 0.3 is 5.97 Å². The lowest BCUT2D eigenvalue weighted by Gasteiger charge is -2.27. The number of hydrogen-bond acceptors (Lipinski definition) is 3. The Morgan fingerprint density at radius 2 is 2.04 bits per heavy atom. The molecule has 2 atom stereocenters. The fraction of sp³-hybridized carbons (Fsp3) is 0.529. The van der Waals surface area contributed by atoms with E-state index in [0.717, 1.165) is 19.3 Å². The molecular weight excluding hydrogens is 301 g/mol. The summed E-state index contributed by atoms with van der Waals surface area (Å²) in [5.74, 6) is -2.00. The SMILES string of the molecule is CC(NC(=O)CCC1CCCCO1)(C(=O)O)c1ccc(F)cc1. The Labute approximate surface area is 134 Å². The number of ether oxygens (including phenoxy) is 1. The van der Waals surface area contributed by atoms with Crippen LogP contribution >= 0.6 is 0 Å². The fourth-order valence-corrected chi connectivity index (χ4v) is 2.70. The molecular formula is C17H22FNO4. The van der Waals surface area contributed by atoms with Crippen molar-refractivity contribution >= 4 is 11.9 Å². The van der Waals surface area contributed by atoms with Crippen LogP contribution in [0.15, 0.2) is 24.3 Å². The number of hydrogen-bond donors (Lipinski definition) is 2. The molecule has 2 unspecified atom stereocenters. The summed E-state index contributed by atoms with van der Waals surface area (Å²) >= 11 is 0. The van der Waals surface area contributed by atoms with Crippen molar-refractivity contribution in [1.82, 2.24) is 5.32 Å². The van der Waals surface area contributed by atoms with Crippen LogP contribution in [-0.4, -0.2) is 29.7 Å². The Kier molecular flexibility index (Phi) is 5.71. The van der Waals surface area contributed by atoms with Gasteiger partial charge in [0, 0.05) is 13.0 Å². The van der Waals surface area contributed by atoms with E-state index in [1.807, 2.05) is 0 Å². The van der Waals surface area contributed by atoms with Crippen molar-refractivity contribution in [3.05, 3.63) is 35.6 Å². The zero-order chi connectivity index (χ0) is 16.9. The van der Waals surface area contributed by atoms with Crippen LogP contribution in [0.4, 0.5) is 4.39 Å². The number of amides is 1. The Morgan fingerprint density at radius 1 is 1.35 bits per heavy atom. The lowest BCUT2D eigenvalue weighted by molar-refractivity contribution is -0.147. The van der Waals surface area contributed by atoms with Gasteiger partial charge in [-0.15, -0.1) is 0 Å². The van der Waals surface area contributed by atoms with E-state index >= 15 is 0 Å². The predicted molar refractivity (Wildman–Crippen MR) is 82.4 cm³/mol. The van der Waals surface area contributed by atoms with Gasteiger partial charge in [-0.05, 0) is 50.3 Å². The third-order valence-corrected chi connectivity index (χ3v) is 4.21. The number of carbonyl (C=O) groups is 2. The van der Waals surface area contributed by atoms with Gasteiger partial charge in [0.05, 0.1) is 6.10 Å². The number of nitrogens with one attached hydrogen (secondary N) is 1. The zero-order valence-electron chi connectivity index (χ0n) is 13.2. The minimum absolute atomic E-state index is 0.0661. The molecule has 1 amide bonds. The van der Waals surface area contributed by atoms with Crippen LogP contribution in [0.3, 0.4) is 0 Å². The van der Waals surface area contributed by atoms with E-state index in [0.29, 0.717) is 18.6 Å². The Bertz CT molecular complexity index is 554. The maximum absolute atomic E-state index is 13.0. The van der Waals surface area contributed by atoms with Gasteiger partial charge in [0.1, 0.15) is 5.82 Å². The molecule has 0 spiro atoms. The molecule has 0 aliphatic carbocycles. The maximum atomic E-state index is 13.0. The fourth-order valence-electron chi connectivity index (χ4n) is 2.70. The Morgan fingerprint density at radius 3 is 2.61 bits per heavy atom. The number of carboxylic acids is 1. The van der Waals surface area contributed by atoms with Crippen molar-refractivity contribution in [3.8, 4) is 0 Å². The van der Waals surface area contributed by atoms with E-state index in [1.165, 1.54) is 31.2 Å². The molecule has 1 saturated heterocycles. The third kappa shape index (κ3) is 4.51. The molecule has 0 aromatic heterocycles. The van der Waals surface area contributed by atoms with E-state index in [9.17, 15) is 19.1 Å². The summed E-state index contributed by atoms with van der Waals surface area (Å²) in [5, 5.41) is 12.0. The minimum Gasteiger partial charge on any atom is -0.479 e. The van der Waals surface area contributed by atoms with Crippen LogP contribution in [0.25, 0.3) is 0 Å². The first-order chi connectivity index (χ1) is 10.9. The molecule has 5 nitrogen and oxygen atoms in total. The summed E-state index contributed by atoms with van der Waals surface area (Å²) < 4.78 is 18.6. The molecule has 1 fully saturated rings. The molecule has 1 aromatic carbocycles. The first kappa shape index (κ1) is 17.4. The van der Waals surface area contributed by atoms with Gasteiger partial charge in [-0.1, -0.05) is 12.1 Å². The average molecular weight is 323 g/mol. The summed E-state index contributed by atoms with van der Waals surface area (Å²) in [5.41, 5.74) is -1.26. The average Bonchev–Trinajstić information content (AvgIpc) is 2.54. The van der Waals surface area contributed by atoms with Gasteiger partial charge in [-0.3, -0.25) is 4.79 Å². The van der Waals surface area contributed by atoms with E-state index < -0.39 is 17.3 Å². The normalized spacial score (nSPS) is 20.5. The van der Waals surface area contributed by atoms with Crippen molar-refractivity contribution in [3.63, 3.8) is 0 Å². The molecule has 1 aromatic rings. The number of halogens is 1. The van der Waals surface area contributed by atoms with E-state index in [2.05, 4.69) is 5.32 Å². The van der Waals surface area contributed by atoms with E-state index in [1.54, 1.807) is 0 Å². The summed E-state index contributed by atoms with van der Waals surface area (Å²) in [4.78, 5) is 23.8. The highest BCUT2D eigenvalue weighted by molar-refractivity contribution is 5.87. The first-order valence-corrected chi connectivity index (χ1v) is 7.84. The zero-order valence-corrected chi connectivity index (χ0v) is 13.2. The molecule has 1 heterocycles. The highest BCUT2D eigenvalue weighted by atomic mass is 19.1. The summed E-state index contributed by atoms with van der Waals surface area (Å²) in [6.07, 6.45) is 3.91. The molecule has 2 rings (SSSR count). The smallest absolute Gasteiger partial charge is 0.333 e. The second kappa shape index (κ2) is 7.55. The first-order valence-electron chi connectivity index (χ1n) is 7.84. The summed E-state index contributed by atoms with van der Waals surface area (Å²) in [6, 6.07) is 5.10. The highest BCUT2D eigenvalue weighted by Crippen LogP contribution is 2.23. The van der Waals surface area contributed by atoms with Gasteiger partial charge in [-0.25, -0.2) is 9.18 Å². The molecule has 0 bridgehead atoms. The monoisotopic (exact) mass is 323 g/mol. The molecule has 1 aliphatic rings. The third-order valence-electron chi connectivity index (χ3n) is 4.21. The van der Waals surface area contributed by atoms with Crippen LogP contribution < -0.4 is 5.32 Å². The van der Waals surface area contributed by atoms with Crippen LogP contribution in [0.1, 0.15) is 44.6 Å². The molecule has 0 saturated carbocycles. The second-order valence-electron chi connectivity index (χ2n) is 6.01. The number of rotatable bonds is 6. The lowest BCUT2D eigenvalue weighted by atomic mass is 9.91. The summed E-state index contributed by atoms with van der Waals surface area (Å²) in [7, 11) is 0. The Balaban J connectivity index is 1.99. The second-order valence-corrected chi connectivity index (χ2v) is 6.01. The van der Waals surface area contributed by atoms with E-state index in [-0.39, 0.29) is 18.4 Å². The van der Waals surface area contributed by atoms with Crippen molar-refractivity contribution < 1.29 is 23.8 Å². The quantitative estimate of drug-likeness (QED) is 0.844.